The Morgan fingerprint density at radius 1 is 1.50 bits per heavy atom. The predicted octanol–water partition coefficient (Wildman–Crippen LogP) is 4.02. The molecule has 0 unspecified atom stereocenters. The van der Waals surface area contributed by atoms with Gasteiger partial charge in [-0.3, -0.25) is 0 Å². The Morgan fingerprint density at radius 3 is 2.60 bits per heavy atom. The van der Waals surface area contributed by atoms with E-state index < -0.39 is 0 Å². The minimum absolute atomic E-state index is 0.804. The maximum absolute atomic E-state index is 5.85. The van der Waals surface area contributed by atoms with Gasteiger partial charge in [0.25, 0.3) is 0 Å². The molecule has 0 saturated carbocycles. The molecule has 0 atom stereocenters. The summed E-state index contributed by atoms with van der Waals surface area (Å²) in [7, 11) is 0. The van der Waals surface area contributed by atoms with E-state index >= 15 is 0 Å². The Hall–Kier alpha value is 0.720. The van der Waals surface area contributed by atoms with Gasteiger partial charge in [0.15, 0.2) is 0 Å². The van der Waals surface area contributed by atoms with Crippen LogP contribution in [-0.2, 0) is 0 Å². The fourth-order valence-corrected chi connectivity index (χ4v) is 1.88. The highest BCUT2D eigenvalue weighted by atomic mass is 127. The lowest BCUT2D eigenvalue weighted by Gasteiger charge is -1.99. The quantitative estimate of drug-likeness (QED) is 0.498. The van der Waals surface area contributed by atoms with Gasteiger partial charge in [0.05, 0.1) is 5.02 Å². The second-order valence-corrected chi connectivity index (χ2v) is 4.44. The van der Waals surface area contributed by atoms with Crippen LogP contribution in [0.5, 0.6) is 0 Å². The SMILES string of the molecule is Cc1cc(I)c(Cl)cc1Br. The van der Waals surface area contributed by atoms with Crippen molar-refractivity contribution in [2.75, 3.05) is 0 Å². The number of hydrogen-bond acceptors (Lipinski definition) is 0. The number of rotatable bonds is 0. The molecule has 0 amide bonds. The summed E-state index contributed by atoms with van der Waals surface area (Å²) in [6.07, 6.45) is 0. The van der Waals surface area contributed by atoms with Crippen LogP contribution in [0.3, 0.4) is 0 Å². The number of aryl methyl sites for hydroxylation is 1. The van der Waals surface area contributed by atoms with Crippen LogP contribution >= 0.6 is 50.1 Å². The van der Waals surface area contributed by atoms with Crippen LogP contribution in [0.2, 0.25) is 5.02 Å². The molecule has 0 saturated heterocycles. The van der Waals surface area contributed by atoms with Gasteiger partial charge in [0.1, 0.15) is 0 Å². The molecule has 10 heavy (non-hydrogen) atoms. The Bertz CT molecular complexity index is 210. The summed E-state index contributed by atoms with van der Waals surface area (Å²) in [4.78, 5) is 0. The predicted molar refractivity (Wildman–Crippen MR) is 56.6 cm³/mol. The molecule has 1 rings (SSSR count). The molecular weight excluding hydrogens is 326 g/mol. The van der Waals surface area contributed by atoms with E-state index in [0.29, 0.717) is 0 Å². The molecular formula is C7H5BrClI. The van der Waals surface area contributed by atoms with Crippen LogP contribution in [0, 0.1) is 10.5 Å². The van der Waals surface area contributed by atoms with Gasteiger partial charge in [-0.2, -0.15) is 0 Å². The summed E-state index contributed by atoms with van der Waals surface area (Å²) in [6.45, 7) is 2.04. The van der Waals surface area contributed by atoms with E-state index in [0.717, 1.165) is 13.1 Å². The Labute approximate surface area is 87.2 Å². The highest BCUT2D eigenvalue weighted by molar-refractivity contribution is 14.1. The third-order valence-corrected chi connectivity index (χ3v) is 3.58. The molecule has 0 aliphatic rings. The third-order valence-electron chi connectivity index (χ3n) is 1.20. The molecule has 0 radical (unpaired) electrons. The lowest BCUT2D eigenvalue weighted by Crippen LogP contribution is -1.79. The summed E-state index contributed by atoms with van der Waals surface area (Å²) in [5, 5.41) is 0.804. The van der Waals surface area contributed by atoms with Crippen molar-refractivity contribution in [2.45, 2.75) is 6.92 Å². The molecule has 0 heterocycles. The molecule has 0 aliphatic heterocycles. The number of hydrogen-bond donors (Lipinski definition) is 0. The first kappa shape index (κ1) is 8.81. The molecule has 0 spiro atoms. The summed E-state index contributed by atoms with van der Waals surface area (Å²) in [6, 6.07) is 3.96. The molecule has 0 nitrogen and oxygen atoms in total. The van der Waals surface area contributed by atoms with Crippen LogP contribution in [0.4, 0.5) is 0 Å². The van der Waals surface area contributed by atoms with Crippen LogP contribution < -0.4 is 0 Å². The molecule has 1 aromatic carbocycles. The highest BCUT2D eigenvalue weighted by Crippen LogP contribution is 2.25. The lowest BCUT2D eigenvalue weighted by atomic mass is 10.2. The highest BCUT2D eigenvalue weighted by Gasteiger charge is 1.99. The number of halogens is 3. The monoisotopic (exact) mass is 330 g/mol. The molecule has 0 aromatic heterocycles. The normalized spacial score (nSPS) is 10.0. The Kier molecular flexibility index (Phi) is 3.01. The van der Waals surface area contributed by atoms with Crippen LogP contribution in [0.25, 0.3) is 0 Å². The maximum atomic E-state index is 5.85. The van der Waals surface area contributed by atoms with Crippen molar-refractivity contribution in [3.05, 3.63) is 30.8 Å². The lowest BCUT2D eigenvalue weighted by molar-refractivity contribution is 1.41. The minimum atomic E-state index is 0.804. The van der Waals surface area contributed by atoms with Gasteiger partial charge in [0.2, 0.25) is 0 Å². The zero-order chi connectivity index (χ0) is 7.72. The van der Waals surface area contributed by atoms with Gasteiger partial charge in [-0.1, -0.05) is 27.5 Å². The maximum Gasteiger partial charge on any atom is 0.0550 e. The zero-order valence-corrected chi connectivity index (χ0v) is 9.79. The topological polar surface area (TPSA) is 0 Å². The standard InChI is InChI=1S/C7H5BrClI/c1-4-2-7(10)6(9)3-5(4)8/h2-3H,1H3. The fourth-order valence-electron chi connectivity index (χ4n) is 0.622. The summed E-state index contributed by atoms with van der Waals surface area (Å²) >= 11 is 11.5. The molecule has 1 aromatic rings. The fraction of sp³-hybridized carbons (Fsp3) is 0.143. The van der Waals surface area contributed by atoms with Crippen molar-refractivity contribution in [1.82, 2.24) is 0 Å². The van der Waals surface area contributed by atoms with Crippen molar-refractivity contribution in [1.29, 1.82) is 0 Å². The second kappa shape index (κ2) is 3.41. The Balaban J connectivity index is 3.28. The van der Waals surface area contributed by atoms with Crippen molar-refractivity contribution in [3.8, 4) is 0 Å². The smallest absolute Gasteiger partial charge is 0.0550 e. The van der Waals surface area contributed by atoms with Crippen molar-refractivity contribution in [3.63, 3.8) is 0 Å². The first-order chi connectivity index (χ1) is 4.61. The van der Waals surface area contributed by atoms with E-state index in [1.807, 2.05) is 19.1 Å². The zero-order valence-electron chi connectivity index (χ0n) is 5.29. The van der Waals surface area contributed by atoms with Gasteiger partial charge in [-0.05, 0) is 47.2 Å². The summed E-state index contributed by atoms with van der Waals surface area (Å²) in [5.41, 5.74) is 1.22. The van der Waals surface area contributed by atoms with Crippen LogP contribution in [0.1, 0.15) is 5.56 Å². The van der Waals surface area contributed by atoms with Gasteiger partial charge in [-0.25, -0.2) is 0 Å². The van der Waals surface area contributed by atoms with Crippen molar-refractivity contribution >= 4 is 50.1 Å². The van der Waals surface area contributed by atoms with E-state index in [4.69, 9.17) is 11.6 Å². The second-order valence-electron chi connectivity index (χ2n) is 2.02. The molecule has 54 valence electrons. The van der Waals surface area contributed by atoms with E-state index in [2.05, 4.69) is 38.5 Å². The van der Waals surface area contributed by atoms with E-state index in [1.54, 1.807) is 0 Å². The van der Waals surface area contributed by atoms with Gasteiger partial charge in [-0.15, -0.1) is 0 Å². The first-order valence-electron chi connectivity index (χ1n) is 2.72. The molecule has 0 fully saturated rings. The average Bonchev–Trinajstić information content (AvgIpc) is 1.84. The van der Waals surface area contributed by atoms with Crippen molar-refractivity contribution < 1.29 is 0 Å². The minimum Gasteiger partial charge on any atom is -0.0831 e. The Morgan fingerprint density at radius 2 is 2.10 bits per heavy atom. The van der Waals surface area contributed by atoms with E-state index in [-0.39, 0.29) is 0 Å². The van der Waals surface area contributed by atoms with Gasteiger partial charge >= 0.3 is 0 Å². The average molecular weight is 331 g/mol. The summed E-state index contributed by atoms with van der Waals surface area (Å²) in [5.74, 6) is 0. The first-order valence-corrected chi connectivity index (χ1v) is 4.97. The van der Waals surface area contributed by atoms with Crippen molar-refractivity contribution in [2.24, 2.45) is 0 Å². The van der Waals surface area contributed by atoms with E-state index in [1.165, 1.54) is 5.56 Å². The molecule has 3 heteroatoms. The molecule has 0 aliphatic carbocycles. The summed E-state index contributed by atoms with van der Waals surface area (Å²) < 4.78 is 2.16. The van der Waals surface area contributed by atoms with Gasteiger partial charge in [0, 0.05) is 8.04 Å². The third kappa shape index (κ3) is 1.86. The van der Waals surface area contributed by atoms with Crippen LogP contribution in [0.15, 0.2) is 16.6 Å². The van der Waals surface area contributed by atoms with Gasteiger partial charge < -0.3 is 0 Å². The largest absolute Gasteiger partial charge is 0.0831 e. The van der Waals surface area contributed by atoms with Crippen LogP contribution in [-0.4, -0.2) is 0 Å². The molecule has 0 bridgehead atoms. The van der Waals surface area contributed by atoms with E-state index in [9.17, 15) is 0 Å². The molecule has 0 N–H and O–H groups in total. The number of benzene rings is 1.